The van der Waals surface area contributed by atoms with Gasteiger partial charge in [0.2, 0.25) is 0 Å². The van der Waals surface area contributed by atoms with Crippen molar-refractivity contribution in [2.45, 2.75) is 52.9 Å². The third-order valence-electron chi connectivity index (χ3n) is 3.46. The summed E-state index contributed by atoms with van der Waals surface area (Å²) in [6, 6.07) is 4.02. The smallest absolute Gasteiger partial charge is 0.408 e. The summed E-state index contributed by atoms with van der Waals surface area (Å²) in [5.41, 5.74) is 4.25. The molecule has 110 valence electrons. The van der Waals surface area contributed by atoms with E-state index in [1.807, 2.05) is 20.8 Å². The van der Waals surface area contributed by atoms with Gasteiger partial charge < -0.3 is 14.8 Å². The zero-order chi connectivity index (χ0) is 14.9. The Balaban J connectivity index is 2.20. The number of nitrogens with one attached hydrogen (secondary N) is 1. The minimum Gasteiger partial charge on any atom is -0.444 e. The first-order chi connectivity index (χ1) is 9.28. The lowest BCUT2D eigenvalue weighted by Gasteiger charge is -2.30. The number of aryl methyl sites for hydroxylation is 1. The molecule has 0 aromatic heterocycles. The first kappa shape index (κ1) is 14.9. The molecule has 1 aromatic carbocycles. The Labute approximate surface area is 120 Å². The number of rotatable bonds is 1. The summed E-state index contributed by atoms with van der Waals surface area (Å²) < 4.78 is 10.9. The van der Waals surface area contributed by atoms with Gasteiger partial charge in [0, 0.05) is 0 Å². The molecular weight excluding hydrogens is 254 g/mol. The zero-order valence-electron chi connectivity index (χ0n) is 12.9. The monoisotopic (exact) mass is 277 g/mol. The van der Waals surface area contributed by atoms with E-state index in [2.05, 4.69) is 31.3 Å². The van der Waals surface area contributed by atoms with Gasteiger partial charge in [0.1, 0.15) is 5.60 Å². The zero-order valence-corrected chi connectivity index (χ0v) is 12.9. The van der Waals surface area contributed by atoms with E-state index in [1.54, 1.807) is 0 Å². The minimum atomic E-state index is -0.496. The van der Waals surface area contributed by atoms with Gasteiger partial charge in [-0.25, -0.2) is 4.79 Å². The highest BCUT2D eigenvalue weighted by molar-refractivity contribution is 5.68. The van der Waals surface area contributed by atoms with Gasteiger partial charge in [0.05, 0.1) is 19.3 Å². The van der Waals surface area contributed by atoms with E-state index in [0.717, 1.165) is 5.56 Å². The number of fused-ring (bicyclic) bond motifs is 1. The fraction of sp³-hybridized carbons (Fsp3) is 0.562. The van der Waals surface area contributed by atoms with Crippen LogP contribution in [0.5, 0.6) is 0 Å². The summed E-state index contributed by atoms with van der Waals surface area (Å²) in [7, 11) is 0. The summed E-state index contributed by atoms with van der Waals surface area (Å²) >= 11 is 0. The Morgan fingerprint density at radius 3 is 2.70 bits per heavy atom. The molecule has 1 amide bonds. The molecule has 0 radical (unpaired) electrons. The van der Waals surface area contributed by atoms with Crippen LogP contribution in [0.25, 0.3) is 0 Å². The molecular formula is C16H23NO3. The lowest BCUT2D eigenvalue weighted by Crippen LogP contribution is -2.38. The minimum absolute atomic E-state index is 0.145. The number of amides is 1. The Kier molecular flexibility index (Phi) is 4.04. The third-order valence-corrected chi connectivity index (χ3v) is 3.46. The Bertz CT molecular complexity index is 517. The van der Waals surface area contributed by atoms with Gasteiger partial charge >= 0.3 is 6.09 Å². The molecule has 1 heterocycles. The highest BCUT2D eigenvalue weighted by atomic mass is 16.6. The van der Waals surface area contributed by atoms with Gasteiger partial charge in [0.15, 0.2) is 0 Å². The molecule has 0 fully saturated rings. The number of alkyl carbamates (subject to hydrolysis) is 1. The standard InChI is InChI=1S/C16H23NO3/c1-10-6-7-12-8-19-9-13(14(12)11(10)2)17-15(18)20-16(3,4)5/h6-7,13H,8-9H2,1-5H3,(H,17,18). The average molecular weight is 277 g/mol. The molecule has 20 heavy (non-hydrogen) atoms. The molecule has 1 aliphatic rings. The Hall–Kier alpha value is -1.55. The second-order valence-electron chi connectivity index (χ2n) is 6.29. The molecule has 4 heteroatoms. The molecule has 0 aliphatic carbocycles. The predicted molar refractivity (Wildman–Crippen MR) is 77.7 cm³/mol. The first-order valence-corrected chi connectivity index (χ1v) is 6.94. The van der Waals surface area contributed by atoms with Crippen LogP contribution in [0.4, 0.5) is 4.79 Å². The normalized spacial score (nSPS) is 18.4. The van der Waals surface area contributed by atoms with Crippen LogP contribution in [0.15, 0.2) is 12.1 Å². The molecule has 1 aliphatic heterocycles. The van der Waals surface area contributed by atoms with Crippen molar-refractivity contribution < 1.29 is 14.3 Å². The number of carbonyl (C=O) groups is 1. The van der Waals surface area contributed by atoms with E-state index < -0.39 is 11.7 Å². The molecule has 0 bridgehead atoms. The van der Waals surface area contributed by atoms with Crippen molar-refractivity contribution in [3.05, 3.63) is 34.4 Å². The quantitative estimate of drug-likeness (QED) is 0.856. The van der Waals surface area contributed by atoms with Crippen LogP contribution in [0.3, 0.4) is 0 Å². The maximum absolute atomic E-state index is 11.9. The van der Waals surface area contributed by atoms with Crippen molar-refractivity contribution in [3.8, 4) is 0 Å². The van der Waals surface area contributed by atoms with Crippen molar-refractivity contribution in [2.24, 2.45) is 0 Å². The van der Waals surface area contributed by atoms with Crippen molar-refractivity contribution >= 4 is 6.09 Å². The highest BCUT2D eigenvalue weighted by Crippen LogP contribution is 2.30. The van der Waals surface area contributed by atoms with Crippen LogP contribution < -0.4 is 5.32 Å². The van der Waals surface area contributed by atoms with Crippen LogP contribution >= 0.6 is 0 Å². The van der Waals surface area contributed by atoms with Crippen LogP contribution in [0, 0.1) is 13.8 Å². The van der Waals surface area contributed by atoms with Crippen molar-refractivity contribution in [1.82, 2.24) is 5.32 Å². The SMILES string of the molecule is Cc1ccc2c(c1C)C(NC(=O)OC(C)(C)C)COC2. The van der Waals surface area contributed by atoms with Crippen LogP contribution in [-0.2, 0) is 16.1 Å². The van der Waals surface area contributed by atoms with E-state index in [-0.39, 0.29) is 6.04 Å². The summed E-state index contributed by atoms with van der Waals surface area (Å²) in [6.45, 7) is 10.8. The first-order valence-electron chi connectivity index (χ1n) is 6.94. The Morgan fingerprint density at radius 1 is 1.35 bits per heavy atom. The summed E-state index contributed by atoms with van der Waals surface area (Å²) in [5.74, 6) is 0. The van der Waals surface area contributed by atoms with E-state index in [0.29, 0.717) is 13.2 Å². The lowest BCUT2D eigenvalue weighted by atomic mass is 9.91. The second-order valence-corrected chi connectivity index (χ2v) is 6.29. The summed E-state index contributed by atoms with van der Waals surface area (Å²) in [4.78, 5) is 11.9. The fourth-order valence-corrected chi connectivity index (χ4v) is 2.44. The van der Waals surface area contributed by atoms with Gasteiger partial charge in [-0.3, -0.25) is 0 Å². The van der Waals surface area contributed by atoms with Crippen LogP contribution in [-0.4, -0.2) is 18.3 Å². The molecule has 0 spiro atoms. The molecule has 1 atom stereocenters. The number of carbonyl (C=O) groups excluding carboxylic acids is 1. The van der Waals surface area contributed by atoms with Crippen LogP contribution in [0.1, 0.15) is 49.1 Å². The molecule has 2 rings (SSSR count). The molecule has 1 N–H and O–H groups in total. The van der Waals surface area contributed by atoms with Gasteiger partial charge in [-0.1, -0.05) is 12.1 Å². The maximum Gasteiger partial charge on any atom is 0.408 e. The molecule has 4 nitrogen and oxygen atoms in total. The largest absolute Gasteiger partial charge is 0.444 e. The van der Waals surface area contributed by atoms with Crippen molar-refractivity contribution in [2.75, 3.05) is 6.61 Å². The molecule has 1 aromatic rings. The van der Waals surface area contributed by atoms with Gasteiger partial charge in [0.25, 0.3) is 0 Å². The van der Waals surface area contributed by atoms with E-state index in [4.69, 9.17) is 9.47 Å². The highest BCUT2D eigenvalue weighted by Gasteiger charge is 2.26. The second kappa shape index (κ2) is 5.44. The fourth-order valence-electron chi connectivity index (χ4n) is 2.44. The number of benzene rings is 1. The number of ether oxygens (including phenoxy) is 2. The average Bonchev–Trinajstić information content (AvgIpc) is 2.31. The lowest BCUT2D eigenvalue weighted by molar-refractivity contribution is 0.0389. The van der Waals surface area contributed by atoms with E-state index >= 15 is 0 Å². The van der Waals surface area contributed by atoms with Gasteiger partial charge in [-0.15, -0.1) is 0 Å². The Morgan fingerprint density at radius 2 is 2.05 bits per heavy atom. The van der Waals surface area contributed by atoms with Gasteiger partial charge in [-0.05, 0) is 56.9 Å². The summed E-state index contributed by atoms with van der Waals surface area (Å²) in [6.07, 6.45) is -0.403. The topological polar surface area (TPSA) is 47.6 Å². The van der Waals surface area contributed by atoms with Crippen molar-refractivity contribution in [1.29, 1.82) is 0 Å². The third kappa shape index (κ3) is 3.31. The summed E-state index contributed by atoms with van der Waals surface area (Å²) in [5, 5.41) is 2.91. The van der Waals surface area contributed by atoms with Crippen molar-refractivity contribution in [3.63, 3.8) is 0 Å². The van der Waals surface area contributed by atoms with E-state index in [9.17, 15) is 4.79 Å². The molecule has 0 saturated carbocycles. The van der Waals surface area contributed by atoms with E-state index in [1.165, 1.54) is 16.7 Å². The van der Waals surface area contributed by atoms with Gasteiger partial charge in [-0.2, -0.15) is 0 Å². The molecule has 1 unspecified atom stereocenters. The number of hydrogen-bond donors (Lipinski definition) is 1. The van der Waals surface area contributed by atoms with Crippen LogP contribution in [0.2, 0.25) is 0 Å². The predicted octanol–water partition coefficient (Wildman–Crippen LogP) is 3.40. The maximum atomic E-state index is 11.9. The molecule has 0 saturated heterocycles. The number of hydrogen-bond acceptors (Lipinski definition) is 3.